The standard InChI is InChI=1S/C26H30N8O5S/c1-16-31-33-23(34-32-16)18-10-8-17(9-11-18)14-21(29-22(35)15-39-26(27)38)25(37)30-20(12-13-40-2)24(36)28-19-6-4-3-5-7-19/h3-11,20-21H,12-15H2,1-2H3,(H2,27,38)(H,28,36)(H,29,35)(H,30,37). The van der Waals surface area contributed by atoms with Gasteiger partial charge in [-0.25, -0.2) is 4.79 Å². The minimum atomic E-state index is -1.12. The maximum absolute atomic E-state index is 13.4. The Kier molecular flexibility index (Phi) is 11.3. The van der Waals surface area contributed by atoms with E-state index in [1.54, 1.807) is 55.5 Å². The Morgan fingerprint density at radius 2 is 1.57 bits per heavy atom. The van der Waals surface area contributed by atoms with Crippen LogP contribution in [0, 0.1) is 6.92 Å². The minimum absolute atomic E-state index is 0.0786. The van der Waals surface area contributed by atoms with Crippen LogP contribution < -0.4 is 21.7 Å². The minimum Gasteiger partial charge on any atom is -0.440 e. The van der Waals surface area contributed by atoms with Crippen LogP contribution in [0.1, 0.15) is 17.8 Å². The number of nitrogens with two attached hydrogens (primary N) is 1. The zero-order valence-corrected chi connectivity index (χ0v) is 22.8. The molecule has 1 aromatic heterocycles. The zero-order valence-electron chi connectivity index (χ0n) is 22.0. The first-order valence-electron chi connectivity index (χ1n) is 12.2. The van der Waals surface area contributed by atoms with Crippen LogP contribution in [0.4, 0.5) is 10.5 Å². The van der Waals surface area contributed by atoms with Gasteiger partial charge in [-0.2, -0.15) is 11.8 Å². The van der Waals surface area contributed by atoms with Crippen molar-refractivity contribution in [2.45, 2.75) is 31.8 Å². The van der Waals surface area contributed by atoms with E-state index in [2.05, 4.69) is 41.1 Å². The van der Waals surface area contributed by atoms with Crippen molar-refractivity contribution < 1.29 is 23.9 Å². The number of aryl methyl sites for hydroxylation is 1. The Morgan fingerprint density at radius 1 is 0.900 bits per heavy atom. The molecule has 2 unspecified atom stereocenters. The fourth-order valence-corrected chi connectivity index (χ4v) is 4.00. The third-order valence-electron chi connectivity index (χ3n) is 5.51. The third-order valence-corrected chi connectivity index (χ3v) is 6.16. The quantitative estimate of drug-likeness (QED) is 0.234. The fourth-order valence-electron chi connectivity index (χ4n) is 3.53. The molecular formula is C26H30N8O5S. The van der Waals surface area contributed by atoms with Gasteiger partial charge >= 0.3 is 6.09 Å². The van der Waals surface area contributed by atoms with Crippen molar-refractivity contribution in [3.63, 3.8) is 0 Å². The summed E-state index contributed by atoms with van der Waals surface area (Å²) < 4.78 is 4.55. The molecule has 5 N–H and O–H groups in total. The molecule has 13 nitrogen and oxygen atoms in total. The zero-order chi connectivity index (χ0) is 28.9. The van der Waals surface area contributed by atoms with Crippen LogP contribution in [0.5, 0.6) is 0 Å². The Bertz CT molecular complexity index is 1290. The monoisotopic (exact) mass is 566 g/mol. The summed E-state index contributed by atoms with van der Waals surface area (Å²) >= 11 is 1.53. The number of hydrogen-bond acceptors (Lipinski definition) is 10. The number of rotatable bonds is 13. The maximum atomic E-state index is 13.4. The molecule has 3 aromatic rings. The number of thioether (sulfide) groups is 1. The highest BCUT2D eigenvalue weighted by Gasteiger charge is 2.27. The van der Waals surface area contributed by atoms with Crippen LogP contribution in [-0.4, -0.2) is 74.9 Å². The molecule has 0 bridgehead atoms. The molecule has 0 radical (unpaired) electrons. The Morgan fingerprint density at radius 3 is 2.20 bits per heavy atom. The van der Waals surface area contributed by atoms with E-state index in [9.17, 15) is 19.2 Å². The predicted molar refractivity (Wildman–Crippen MR) is 149 cm³/mol. The van der Waals surface area contributed by atoms with Crippen molar-refractivity contribution in [1.29, 1.82) is 0 Å². The number of hydrogen-bond donors (Lipinski definition) is 4. The second-order valence-corrected chi connectivity index (χ2v) is 9.58. The van der Waals surface area contributed by atoms with Crippen molar-refractivity contribution >= 4 is 41.3 Å². The molecule has 14 heteroatoms. The second kappa shape index (κ2) is 15.1. The number of para-hydroxylation sites is 1. The van der Waals surface area contributed by atoms with E-state index in [1.807, 2.05) is 12.3 Å². The number of carbonyl (C=O) groups excluding carboxylic acids is 4. The Hall–Kier alpha value is -4.59. The van der Waals surface area contributed by atoms with Crippen molar-refractivity contribution in [2.75, 3.05) is 23.9 Å². The van der Waals surface area contributed by atoms with Gasteiger partial charge in [-0.15, -0.1) is 20.4 Å². The number of nitrogens with zero attached hydrogens (tertiary/aromatic N) is 4. The molecule has 0 aliphatic heterocycles. The van der Waals surface area contributed by atoms with Crippen LogP contribution >= 0.6 is 11.8 Å². The SMILES string of the molecule is CSCCC(NC(=O)C(Cc1ccc(-c2nnc(C)nn2)cc1)NC(=O)COC(N)=O)C(=O)Nc1ccccc1. The van der Waals surface area contributed by atoms with Gasteiger partial charge in [-0.1, -0.05) is 42.5 Å². The largest absolute Gasteiger partial charge is 0.440 e. The summed E-state index contributed by atoms with van der Waals surface area (Å²) in [4.78, 5) is 49.7. The summed E-state index contributed by atoms with van der Waals surface area (Å²) in [7, 11) is 0. The Labute approximate surface area is 235 Å². The van der Waals surface area contributed by atoms with E-state index >= 15 is 0 Å². The lowest BCUT2D eigenvalue weighted by atomic mass is 10.0. The number of primary amides is 1. The van der Waals surface area contributed by atoms with Crippen LogP contribution in [0.15, 0.2) is 54.6 Å². The predicted octanol–water partition coefficient (Wildman–Crippen LogP) is 1.24. The third kappa shape index (κ3) is 9.62. The normalized spacial score (nSPS) is 12.1. The van der Waals surface area contributed by atoms with Gasteiger partial charge in [0, 0.05) is 17.7 Å². The van der Waals surface area contributed by atoms with Crippen LogP contribution in [0.25, 0.3) is 11.4 Å². The average molecular weight is 567 g/mol. The summed E-state index contributed by atoms with van der Waals surface area (Å²) in [6.45, 7) is 1.02. The number of amides is 4. The topological polar surface area (TPSA) is 191 Å². The highest BCUT2D eigenvalue weighted by atomic mass is 32.2. The number of ether oxygens (including phenoxy) is 1. The molecular weight excluding hydrogens is 536 g/mol. The smallest absolute Gasteiger partial charge is 0.405 e. The first-order chi connectivity index (χ1) is 19.2. The van der Waals surface area contributed by atoms with Gasteiger partial charge in [0.15, 0.2) is 12.4 Å². The van der Waals surface area contributed by atoms with E-state index < -0.39 is 36.6 Å². The summed E-state index contributed by atoms with van der Waals surface area (Å²) in [6.07, 6.45) is 1.22. The summed E-state index contributed by atoms with van der Waals surface area (Å²) in [6, 6.07) is 13.9. The van der Waals surface area contributed by atoms with E-state index in [0.717, 1.165) is 0 Å². The van der Waals surface area contributed by atoms with Crippen molar-refractivity contribution in [3.8, 4) is 11.4 Å². The van der Waals surface area contributed by atoms with Gasteiger partial charge in [0.05, 0.1) is 0 Å². The maximum Gasteiger partial charge on any atom is 0.405 e. The molecule has 40 heavy (non-hydrogen) atoms. The molecule has 4 amide bonds. The summed E-state index contributed by atoms with van der Waals surface area (Å²) in [5.41, 5.74) is 6.90. The highest BCUT2D eigenvalue weighted by molar-refractivity contribution is 7.98. The molecule has 1 heterocycles. The van der Waals surface area contributed by atoms with Crippen LogP contribution in [0.3, 0.4) is 0 Å². The average Bonchev–Trinajstić information content (AvgIpc) is 2.95. The number of aromatic nitrogens is 4. The van der Waals surface area contributed by atoms with Gasteiger partial charge in [-0.3, -0.25) is 14.4 Å². The van der Waals surface area contributed by atoms with Gasteiger partial charge in [-0.05, 0) is 43.0 Å². The number of nitrogens with one attached hydrogen (secondary N) is 3. The van der Waals surface area contributed by atoms with E-state index in [0.29, 0.717) is 40.6 Å². The molecule has 0 aliphatic rings. The molecule has 0 spiro atoms. The van der Waals surface area contributed by atoms with Gasteiger partial charge < -0.3 is 26.4 Å². The molecule has 0 saturated carbocycles. The molecule has 2 aromatic carbocycles. The molecule has 0 aliphatic carbocycles. The summed E-state index contributed by atoms with van der Waals surface area (Å²) in [5, 5.41) is 23.9. The van der Waals surface area contributed by atoms with Gasteiger partial charge in [0.2, 0.25) is 17.6 Å². The lowest BCUT2D eigenvalue weighted by Crippen LogP contribution is -2.54. The number of carbonyl (C=O) groups is 4. The van der Waals surface area contributed by atoms with Crippen molar-refractivity contribution in [2.24, 2.45) is 5.73 Å². The first-order valence-corrected chi connectivity index (χ1v) is 13.6. The van der Waals surface area contributed by atoms with Crippen molar-refractivity contribution in [3.05, 3.63) is 66.0 Å². The number of anilines is 1. The van der Waals surface area contributed by atoms with E-state index in [-0.39, 0.29) is 12.3 Å². The van der Waals surface area contributed by atoms with Gasteiger partial charge in [0.25, 0.3) is 5.91 Å². The number of benzene rings is 2. The fraction of sp³-hybridized carbons (Fsp3) is 0.308. The lowest BCUT2D eigenvalue weighted by Gasteiger charge is -2.23. The molecule has 0 saturated heterocycles. The van der Waals surface area contributed by atoms with E-state index in [1.165, 1.54) is 11.8 Å². The molecule has 210 valence electrons. The lowest BCUT2D eigenvalue weighted by molar-refractivity contribution is -0.132. The van der Waals surface area contributed by atoms with E-state index in [4.69, 9.17) is 5.73 Å². The summed E-state index contributed by atoms with van der Waals surface area (Å²) in [5.74, 6) is -0.303. The highest BCUT2D eigenvalue weighted by Crippen LogP contribution is 2.16. The van der Waals surface area contributed by atoms with Gasteiger partial charge in [0.1, 0.15) is 12.1 Å². The Balaban J connectivity index is 1.76. The first kappa shape index (κ1) is 30.0. The van der Waals surface area contributed by atoms with Crippen LogP contribution in [0.2, 0.25) is 0 Å². The second-order valence-electron chi connectivity index (χ2n) is 8.60. The molecule has 3 rings (SSSR count). The molecule has 0 fully saturated rings. The van der Waals surface area contributed by atoms with Crippen LogP contribution in [-0.2, 0) is 25.5 Å². The molecule has 2 atom stereocenters. The van der Waals surface area contributed by atoms with Crippen molar-refractivity contribution in [1.82, 2.24) is 31.0 Å².